The molecule has 13 rings (SSSR count). The van der Waals surface area contributed by atoms with E-state index in [1.54, 1.807) is 0 Å². The van der Waals surface area contributed by atoms with Crippen molar-refractivity contribution in [3.8, 4) is 45.2 Å². The summed E-state index contributed by atoms with van der Waals surface area (Å²) in [6.45, 7) is 0. The van der Waals surface area contributed by atoms with Gasteiger partial charge in [0.1, 0.15) is 5.52 Å². The van der Waals surface area contributed by atoms with Gasteiger partial charge < -0.3 is 13.6 Å². The Balaban J connectivity index is 1.02. The summed E-state index contributed by atoms with van der Waals surface area (Å²) in [5, 5.41) is 8.08. The van der Waals surface area contributed by atoms with Crippen LogP contribution in [-0.4, -0.2) is 19.1 Å². The van der Waals surface area contributed by atoms with E-state index < -0.39 is 0 Å². The molecule has 0 saturated carbocycles. The van der Waals surface area contributed by atoms with E-state index in [9.17, 15) is 0 Å². The summed E-state index contributed by atoms with van der Waals surface area (Å²) < 4.78 is 11.2. The molecule has 5 heteroatoms. The van der Waals surface area contributed by atoms with Gasteiger partial charge in [0.15, 0.2) is 5.58 Å². The van der Waals surface area contributed by atoms with Crippen LogP contribution in [0.1, 0.15) is 0 Å². The molecule has 0 N–H and O–H groups in total. The van der Waals surface area contributed by atoms with Gasteiger partial charge in [0.2, 0.25) is 5.89 Å². The highest BCUT2D eigenvalue weighted by Gasteiger charge is 2.20. The summed E-state index contributed by atoms with van der Waals surface area (Å²) in [5.74, 6) is 0.610. The van der Waals surface area contributed by atoms with Gasteiger partial charge in [-0.15, -0.1) is 0 Å². The molecule has 0 fully saturated rings. The van der Waals surface area contributed by atoms with Crippen molar-refractivity contribution >= 4 is 76.4 Å². The van der Waals surface area contributed by atoms with E-state index in [1.807, 2.05) is 42.5 Å². The molecule has 0 aliphatic rings. The van der Waals surface area contributed by atoms with Crippen LogP contribution < -0.4 is 0 Å². The van der Waals surface area contributed by atoms with Gasteiger partial charge in [-0.25, -0.2) is 9.97 Å². The molecule has 284 valence electrons. The second-order valence-electron chi connectivity index (χ2n) is 15.8. The maximum absolute atomic E-state index is 6.35. The SMILES string of the molecule is c1ccc(-c2nc3c(ccc4c(-c5ccc(-c6cc(-n7c8ccccc8c8ccccc87)cc(-n7c8ccccc8c8ccccc87)c6)cc5)nc5ccccc5c43)o2)cc1. The summed E-state index contributed by atoms with van der Waals surface area (Å²) in [7, 11) is 0. The number of fused-ring (bicyclic) bond motifs is 11. The van der Waals surface area contributed by atoms with Gasteiger partial charge in [0, 0.05) is 60.2 Å². The minimum Gasteiger partial charge on any atom is -0.436 e. The van der Waals surface area contributed by atoms with Crippen LogP contribution in [0.25, 0.3) is 122 Å². The topological polar surface area (TPSA) is 48.8 Å². The van der Waals surface area contributed by atoms with Crippen LogP contribution >= 0.6 is 0 Å². The van der Waals surface area contributed by atoms with Crippen molar-refractivity contribution in [1.82, 2.24) is 19.1 Å². The second kappa shape index (κ2) is 13.1. The Labute approximate surface area is 350 Å². The van der Waals surface area contributed by atoms with Crippen molar-refractivity contribution in [3.63, 3.8) is 0 Å². The Bertz CT molecular complexity index is 3630. The lowest BCUT2D eigenvalue weighted by Gasteiger charge is -2.16. The van der Waals surface area contributed by atoms with E-state index in [-0.39, 0.29) is 0 Å². The van der Waals surface area contributed by atoms with Gasteiger partial charge in [-0.3, -0.25) is 0 Å². The molecule has 4 heterocycles. The molecule has 4 aromatic heterocycles. The van der Waals surface area contributed by atoms with Crippen LogP contribution in [0.15, 0.2) is 211 Å². The third-order valence-corrected chi connectivity index (χ3v) is 12.3. The standard InChI is InChI=1S/C56H34N4O/c1-2-14-37(15-3-1)56-58-55-52(61-56)31-30-46-53(55)45-20-4-9-21-47(45)57-54(46)36-28-26-35(27-29-36)38-32-39(59-48-22-10-5-16-41(48)42-17-6-11-23-49(42)59)34-40(33-38)60-50-24-12-7-18-43(50)44-19-8-13-25-51(44)60/h1-34H. The number of oxazole rings is 1. The molecule has 61 heavy (non-hydrogen) atoms. The van der Waals surface area contributed by atoms with Crippen molar-refractivity contribution in [3.05, 3.63) is 206 Å². The second-order valence-corrected chi connectivity index (χ2v) is 15.8. The number of hydrogen-bond donors (Lipinski definition) is 0. The van der Waals surface area contributed by atoms with Crippen LogP contribution in [0.3, 0.4) is 0 Å². The van der Waals surface area contributed by atoms with E-state index >= 15 is 0 Å². The smallest absolute Gasteiger partial charge is 0.227 e. The molecule has 0 radical (unpaired) electrons. The molecule has 0 saturated heterocycles. The number of hydrogen-bond acceptors (Lipinski definition) is 3. The van der Waals surface area contributed by atoms with Crippen molar-refractivity contribution in [2.24, 2.45) is 0 Å². The molecular formula is C56H34N4O. The Kier molecular flexibility index (Phi) is 7.24. The molecule has 0 unspecified atom stereocenters. The first-order valence-corrected chi connectivity index (χ1v) is 20.7. The normalized spacial score (nSPS) is 11.9. The molecule has 5 nitrogen and oxygen atoms in total. The average molecular weight is 779 g/mol. The van der Waals surface area contributed by atoms with Gasteiger partial charge in [0.05, 0.1) is 33.3 Å². The lowest BCUT2D eigenvalue weighted by molar-refractivity contribution is 0.620. The Hall–Kier alpha value is -8.28. The first-order valence-electron chi connectivity index (χ1n) is 20.7. The third-order valence-electron chi connectivity index (χ3n) is 12.3. The lowest BCUT2D eigenvalue weighted by atomic mass is 9.97. The molecule has 9 aromatic carbocycles. The Morgan fingerprint density at radius 2 is 0.836 bits per heavy atom. The lowest BCUT2D eigenvalue weighted by Crippen LogP contribution is -2.00. The first-order chi connectivity index (χ1) is 30.2. The highest BCUT2D eigenvalue weighted by molar-refractivity contribution is 6.21. The largest absolute Gasteiger partial charge is 0.436 e. The summed E-state index contributed by atoms with van der Waals surface area (Å²) in [6, 6.07) is 73.4. The van der Waals surface area contributed by atoms with Gasteiger partial charge in [0.25, 0.3) is 0 Å². The zero-order valence-corrected chi connectivity index (χ0v) is 32.8. The number of para-hydroxylation sites is 5. The summed E-state index contributed by atoms with van der Waals surface area (Å²) in [5.41, 5.74) is 14.6. The number of pyridine rings is 1. The molecule has 0 atom stereocenters. The minimum absolute atomic E-state index is 0.610. The number of rotatable bonds is 5. The zero-order chi connectivity index (χ0) is 40.0. The van der Waals surface area contributed by atoms with Crippen LogP contribution in [0.5, 0.6) is 0 Å². The van der Waals surface area contributed by atoms with Crippen LogP contribution in [0.2, 0.25) is 0 Å². The number of aromatic nitrogens is 4. The van der Waals surface area contributed by atoms with Gasteiger partial charge in [-0.2, -0.15) is 0 Å². The summed E-state index contributed by atoms with van der Waals surface area (Å²) in [6.07, 6.45) is 0. The fraction of sp³-hybridized carbons (Fsp3) is 0. The number of nitrogens with zero attached hydrogens (tertiary/aromatic N) is 4. The molecule has 0 spiro atoms. The van der Waals surface area contributed by atoms with Gasteiger partial charge in [-0.05, 0) is 83.9 Å². The maximum Gasteiger partial charge on any atom is 0.227 e. The predicted molar refractivity (Wildman–Crippen MR) is 252 cm³/mol. The molecule has 0 aliphatic carbocycles. The predicted octanol–water partition coefficient (Wildman–Crippen LogP) is 14.7. The Morgan fingerprint density at radius 1 is 0.344 bits per heavy atom. The van der Waals surface area contributed by atoms with Gasteiger partial charge in [-0.1, -0.05) is 133 Å². The third kappa shape index (κ3) is 5.14. The van der Waals surface area contributed by atoms with E-state index in [4.69, 9.17) is 14.4 Å². The molecule has 0 aliphatic heterocycles. The monoisotopic (exact) mass is 778 g/mol. The Morgan fingerprint density at radius 3 is 1.41 bits per heavy atom. The van der Waals surface area contributed by atoms with Gasteiger partial charge >= 0.3 is 0 Å². The average Bonchev–Trinajstić information content (AvgIpc) is 4.02. The number of benzene rings is 9. The van der Waals surface area contributed by atoms with Crippen LogP contribution in [0.4, 0.5) is 0 Å². The fourth-order valence-electron chi connectivity index (χ4n) is 9.59. The van der Waals surface area contributed by atoms with Crippen molar-refractivity contribution in [2.75, 3.05) is 0 Å². The highest BCUT2D eigenvalue weighted by atomic mass is 16.3. The van der Waals surface area contributed by atoms with E-state index in [2.05, 4.69) is 173 Å². The molecular weight excluding hydrogens is 745 g/mol. The minimum atomic E-state index is 0.610. The van der Waals surface area contributed by atoms with Crippen molar-refractivity contribution in [2.45, 2.75) is 0 Å². The zero-order valence-electron chi connectivity index (χ0n) is 32.8. The van der Waals surface area contributed by atoms with E-state index in [0.717, 1.165) is 72.1 Å². The van der Waals surface area contributed by atoms with Crippen molar-refractivity contribution < 1.29 is 4.42 Å². The molecule has 13 aromatic rings. The summed E-state index contributed by atoms with van der Waals surface area (Å²) >= 11 is 0. The molecule has 0 amide bonds. The van der Waals surface area contributed by atoms with Crippen molar-refractivity contribution in [1.29, 1.82) is 0 Å². The van der Waals surface area contributed by atoms with Crippen LogP contribution in [0, 0.1) is 0 Å². The fourth-order valence-corrected chi connectivity index (χ4v) is 9.59. The summed E-state index contributed by atoms with van der Waals surface area (Å²) in [4.78, 5) is 10.4. The quantitative estimate of drug-likeness (QED) is 0.164. The first kappa shape index (κ1) is 33.7. The van der Waals surface area contributed by atoms with E-state index in [1.165, 1.54) is 43.6 Å². The molecule has 0 bridgehead atoms. The maximum atomic E-state index is 6.35. The van der Waals surface area contributed by atoms with E-state index in [0.29, 0.717) is 5.89 Å². The van der Waals surface area contributed by atoms with Crippen LogP contribution in [-0.2, 0) is 0 Å². The highest BCUT2D eigenvalue weighted by Crippen LogP contribution is 2.41.